The van der Waals surface area contributed by atoms with Crippen LogP contribution in [0.4, 0.5) is 0 Å². The largest absolute Gasteiger partial charge is 0.311 e. The average molecular weight is 294 g/mol. The zero-order valence-electron chi connectivity index (χ0n) is 8.46. The van der Waals surface area contributed by atoms with E-state index >= 15 is 0 Å². The second-order valence-corrected chi connectivity index (χ2v) is 6.37. The molecule has 16 heavy (non-hydrogen) atoms. The minimum atomic E-state index is 0.663. The molecular weight excluding hydrogens is 285 g/mol. The van der Waals surface area contributed by atoms with E-state index in [2.05, 4.69) is 22.4 Å². The highest BCUT2D eigenvalue weighted by Gasteiger charge is 2.13. The first-order valence-electron chi connectivity index (χ1n) is 4.69. The maximum absolute atomic E-state index is 6.05. The third kappa shape index (κ3) is 2.73. The van der Waals surface area contributed by atoms with Crippen LogP contribution in [0, 0.1) is 0 Å². The van der Waals surface area contributed by atoms with E-state index in [9.17, 15) is 0 Å². The number of hydrogen-bond donors (Lipinski definition) is 1. The van der Waals surface area contributed by atoms with Crippen LogP contribution in [-0.2, 0) is 6.54 Å². The van der Waals surface area contributed by atoms with E-state index in [-0.39, 0.29) is 0 Å². The summed E-state index contributed by atoms with van der Waals surface area (Å²) in [4.78, 5) is 0. The van der Waals surface area contributed by atoms with Crippen LogP contribution in [-0.4, -0.2) is 16.7 Å². The molecular formula is C9H9Cl2N3S2. The van der Waals surface area contributed by atoms with Crippen LogP contribution in [0.5, 0.6) is 0 Å². The molecule has 0 aliphatic carbocycles. The number of thiophene rings is 1. The fourth-order valence-electron chi connectivity index (χ4n) is 1.15. The van der Waals surface area contributed by atoms with Gasteiger partial charge in [0.05, 0.1) is 4.34 Å². The van der Waals surface area contributed by atoms with Crippen molar-refractivity contribution >= 4 is 45.9 Å². The standard InChI is InChI=1S/C9H9Cl2N3S2/c1-2-12-4-7-13-14-9(16-7)5-3-6(10)15-8(5)11/h3,12H,2,4H2,1H3. The summed E-state index contributed by atoms with van der Waals surface area (Å²) >= 11 is 14.8. The van der Waals surface area contributed by atoms with Gasteiger partial charge in [-0.3, -0.25) is 0 Å². The highest BCUT2D eigenvalue weighted by Crippen LogP contribution is 2.39. The molecule has 0 atom stereocenters. The van der Waals surface area contributed by atoms with E-state index in [1.807, 2.05) is 6.07 Å². The van der Waals surface area contributed by atoms with Gasteiger partial charge in [0.15, 0.2) is 0 Å². The van der Waals surface area contributed by atoms with Crippen LogP contribution in [0.1, 0.15) is 11.9 Å². The van der Waals surface area contributed by atoms with Crippen LogP contribution in [0.15, 0.2) is 6.07 Å². The van der Waals surface area contributed by atoms with Crippen LogP contribution in [0.2, 0.25) is 8.67 Å². The summed E-state index contributed by atoms with van der Waals surface area (Å²) in [6.45, 7) is 3.71. The lowest BCUT2D eigenvalue weighted by molar-refractivity contribution is 0.715. The molecule has 7 heteroatoms. The monoisotopic (exact) mass is 293 g/mol. The van der Waals surface area contributed by atoms with Crippen molar-refractivity contribution in [2.24, 2.45) is 0 Å². The van der Waals surface area contributed by atoms with Gasteiger partial charge in [0.25, 0.3) is 0 Å². The number of aromatic nitrogens is 2. The number of rotatable bonds is 4. The number of nitrogens with one attached hydrogen (secondary N) is 1. The minimum Gasteiger partial charge on any atom is -0.311 e. The van der Waals surface area contributed by atoms with Gasteiger partial charge in [0.2, 0.25) is 0 Å². The Kier molecular flexibility index (Phi) is 4.16. The van der Waals surface area contributed by atoms with Gasteiger partial charge >= 0.3 is 0 Å². The minimum absolute atomic E-state index is 0.663. The molecule has 0 amide bonds. The molecule has 3 nitrogen and oxygen atoms in total. The van der Waals surface area contributed by atoms with E-state index in [1.54, 1.807) is 0 Å². The van der Waals surface area contributed by atoms with Gasteiger partial charge in [-0.05, 0) is 12.6 Å². The Balaban J connectivity index is 2.21. The fraction of sp³-hybridized carbons (Fsp3) is 0.333. The summed E-state index contributed by atoms with van der Waals surface area (Å²) < 4.78 is 1.33. The lowest BCUT2D eigenvalue weighted by atomic mass is 10.4. The number of hydrogen-bond acceptors (Lipinski definition) is 5. The van der Waals surface area contributed by atoms with Crippen molar-refractivity contribution in [1.82, 2.24) is 15.5 Å². The Hall–Kier alpha value is -0.200. The maximum atomic E-state index is 6.05. The number of halogens is 2. The second-order valence-electron chi connectivity index (χ2n) is 3.02. The normalized spacial score (nSPS) is 10.9. The molecule has 0 aliphatic rings. The Labute approximate surface area is 111 Å². The molecule has 1 N–H and O–H groups in total. The van der Waals surface area contributed by atoms with Gasteiger partial charge in [-0.2, -0.15) is 0 Å². The topological polar surface area (TPSA) is 37.8 Å². The Morgan fingerprint density at radius 3 is 2.75 bits per heavy atom. The van der Waals surface area contributed by atoms with Gasteiger partial charge in [0, 0.05) is 12.1 Å². The predicted molar refractivity (Wildman–Crippen MR) is 70.6 cm³/mol. The quantitative estimate of drug-likeness (QED) is 0.934. The van der Waals surface area contributed by atoms with E-state index in [0.29, 0.717) is 8.67 Å². The number of nitrogens with zero attached hydrogens (tertiary/aromatic N) is 2. The smallest absolute Gasteiger partial charge is 0.150 e. The lowest BCUT2D eigenvalue weighted by Gasteiger charge is -1.93. The second kappa shape index (κ2) is 5.42. The SMILES string of the molecule is CCNCc1nnc(-c2cc(Cl)sc2Cl)s1. The Bertz CT molecular complexity index is 481. The van der Waals surface area contributed by atoms with Gasteiger partial charge in [0.1, 0.15) is 14.4 Å². The van der Waals surface area contributed by atoms with Crippen molar-refractivity contribution < 1.29 is 0 Å². The zero-order valence-corrected chi connectivity index (χ0v) is 11.6. The van der Waals surface area contributed by atoms with Crippen molar-refractivity contribution in [3.8, 4) is 10.6 Å². The van der Waals surface area contributed by atoms with Crippen molar-refractivity contribution in [1.29, 1.82) is 0 Å². The lowest BCUT2D eigenvalue weighted by Crippen LogP contribution is -2.11. The van der Waals surface area contributed by atoms with Crippen LogP contribution < -0.4 is 5.32 Å². The zero-order chi connectivity index (χ0) is 11.5. The first kappa shape index (κ1) is 12.3. The van der Waals surface area contributed by atoms with Crippen molar-refractivity contribution in [2.75, 3.05) is 6.54 Å². The fourth-order valence-corrected chi connectivity index (χ4v) is 3.57. The third-order valence-corrected chi connectivity index (χ3v) is 4.32. The van der Waals surface area contributed by atoms with Crippen LogP contribution in [0.25, 0.3) is 10.6 Å². The molecule has 0 aliphatic heterocycles. The molecule has 0 saturated heterocycles. The summed E-state index contributed by atoms with van der Waals surface area (Å²) in [6.07, 6.45) is 0. The van der Waals surface area contributed by atoms with Crippen LogP contribution >= 0.6 is 45.9 Å². The van der Waals surface area contributed by atoms with Gasteiger partial charge in [-0.1, -0.05) is 41.5 Å². The molecule has 0 unspecified atom stereocenters. The van der Waals surface area contributed by atoms with Crippen LogP contribution in [0.3, 0.4) is 0 Å². The molecule has 0 radical (unpaired) electrons. The summed E-state index contributed by atoms with van der Waals surface area (Å²) in [6, 6.07) is 1.83. The molecule has 86 valence electrons. The summed E-state index contributed by atoms with van der Waals surface area (Å²) in [5, 5.41) is 13.2. The molecule has 0 spiro atoms. The third-order valence-electron chi connectivity index (χ3n) is 1.88. The average Bonchev–Trinajstić information content (AvgIpc) is 2.82. The van der Waals surface area contributed by atoms with E-state index in [4.69, 9.17) is 23.2 Å². The molecule has 2 rings (SSSR count). The molecule has 0 saturated carbocycles. The molecule has 2 heterocycles. The van der Waals surface area contributed by atoms with E-state index in [1.165, 1.54) is 22.7 Å². The molecule has 2 aromatic heterocycles. The van der Waals surface area contributed by atoms with Crippen molar-refractivity contribution in [3.63, 3.8) is 0 Å². The van der Waals surface area contributed by atoms with Crippen molar-refractivity contribution in [3.05, 3.63) is 19.7 Å². The molecule has 0 aromatic carbocycles. The van der Waals surface area contributed by atoms with E-state index < -0.39 is 0 Å². The summed E-state index contributed by atoms with van der Waals surface area (Å²) in [7, 11) is 0. The molecule has 2 aromatic rings. The van der Waals surface area contributed by atoms with Crippen molar-refractivity contribution in [2.45, 2.75) is 13.5 Å². The molecule has 0 fully saturated rings. The summed E-state index contributed by atoms with van der Waals surface area (Å²) in [5.41, 5.74) is 0.872. The Morgan fingerprint density at radius 2 is 2.12 bits per heavy atom. The first-order chi connectivity index (χ1) is 7.70. The van der Waals surface area contributed by atoms with E-state index in [0.717, 1.165) is 28.7 Å². The molecule has 0 bridgehead atoms. The maximum Gasteiger partial charge on any atom is 0.150 e. The predicted octanol–water partition coefficient (Wildman–Crippen LogP) is 3.68. The van der Waals surface area contributed by atoms with Gasteiger partial charge < -0.3 is 5.32 Å². The first-order valence-corrected chi connectivity index (χ1v) is 7.08. The van der Waals surface area contributed by atoms with Gasteiger partial charge in [-0.15, -0.1) is 21.5 Å². The highest BCUT2D eigenvalue weighted by atomic mass is 35.5. The Morgan fingerprint density at radius 1 is 1.31 bits per heavy atom. The highest BCUT2D eigenvalue weighted by molar-refractivity contribution is 7.21. The van der Waals surface area contributed by atoms with Gasteiger partial charge in [-0.25, -0.2) is 0 Å². The summed E-state index contributed by atoms with van der Waals surface area (Å²) in [5.74, 6) is 0.